The van der Waals surface area contributed by atoms with Gasteiger partial charge < -0.3 is 5.11 Å². The number of hydrogen-bond donors (Lipinski definition) is 1. The van der Waals surface area contributed by atoms with E-state index in [1.165, 1.54) is 0 Å². The van der Waals surface area contributed by atoms with Gasteiger partial charge in [0.2, 0.25) is 0 Å². The van der Waals surface area contributed by atoms with Crippen molar-refractivity contribution < 1.29 is 31.4 Å². The highest BCUT2D eigenvalue weighted by Gasteiger charge is 2.44. The van der Waals surface area contributed by atoms with Crippen LogP contribution < -0.4 is 0 Å². The molecule has 0 aliphatic carbocycles. The minimum Gasteiger partial charge on any atom is -0.379 e. The molecule has 0 saturated heterocycles. The normalized spacial score (nSPS) is 14.9. The molecule has 1 N–H and O–H groups in total. The third kappa shape index (κ3) is 2.66. The molecule has 0 bridgehead atoms. The molecule has 1 aromatic rings. The third-order valence-electron chi connectivity index (χ3n) is 1.87. The molecule has 90 valence electrons. The van der Waals surface area contributed by atoms with Crippen LogP contribution in [0, 0.1) is 0 Å². The van der Waals surface area contributed by atoms with Crippen LogP contribution in [-0.2, 0) is 6.18 Å². The number of hydrogen-bond acceptors (Lipinski definition) is 1. The molecule has 0 heterocycles. The van der Waals surface area contributed by atoms with Gasteiger partial charge in [-0.1, -0.05) is 18.2 Å². The van der Waals surface area contributed by atoms with E-state index in [0.29, 0.717) is 12.1 Å². The Morgan fingerprint density at radius 2 is 1.44 bits per heavy atom. The van der Waals surface area contributed by atoms with Gasteiger partial charge in [-0.05, 0) is 6.07 Å². The number of aliphatic hydroxyl groups excluding tert-OH is 1. The van der Waals surface area contributed by atoms with Crippen molar-refractivity contribution in [1.82, 2.24) is 0 Å². The summed E-state index contributed by atoms with van der Waals surface area (Å²) >= 11 is 0. The smallest absolute Gasteiger partial charge is 0.379 e. The fourth-order valence-electron chi connectivity index (χ4n) is 1.17. The van der Waals surface area contributed by atoms with Crippen molar-refractivity contribution in [2.75, 3.05) is 0 Å². The molecular weight excluding hydrogens is 238 g/mol. The monoisotopic (exact) mass is 244 g/mol. The summed E-state index contributed by atoms with van der Waals surface area (Å²) in [6.07, 6.45) is -13.2. The van der Waals surface area contributed by atoms with Crippen LogP contribution in [0.2, 0.25) is 0 Å². The molecule has 16 heavy (non-hydrogen) atoms. The van der Waals surface area contributed by atoms with Gasteiger partial charge in [0.1, 0.15) is 0 Å². The summed E-state index contributed by atoms with van der Waals surface area (Å²) in [5.41, 5.74) is -2.68. The summed E-state index contributed by atoms with van der Waals surface area (Å²) in [6.45, 7) is 0. The first-order valence-corrected chi connectivity index (χ1v) is 4.05. The number of aliphatic hydroxyl groups is 1. The van der Waals surface area contributed by atoms with Gasteiger partial charge in [-0.2, -0.15) is 26.3 Å². The molecule has 1 atom stereocenters. The number of rotatable bonds is 1. The third-order valence-corrected chi connectivity index (χ3v) is 1.87. The summed E-state index contributed by atoms with van der Waals surface area (Å²) in [5, 5.41) is 8.78. The number of halogens is 6. The molecule has 0 aromatic heterocycles. The molecule has 0 saturated carbocycles. The van der Waals surface area contributed by atoms with Gasteiger partial charge in [0.05, 0.1) is 5.56 Å². The summed E-state index contributed by atoms with van der Waals surface area (Å²) in [4.78, 5) is 0. The average molecular weight is 244 g/mol. The van der Waals surface area contributed by atoms with Crippen LogP contribution in [0.5, 0.6) is 0 Å². The molecule has 0 radical (unpaired) electrons. The van der Waals surface area contributed by atoms with Gasteiger partial charge in [0, 0.05) is 5.56 Å². The molecule has 0 aliphatic rings. The molecule has 0 spiro atoms. The average Bonchev–Trinajstić information content (AvgIpc) is 2.14. The van der Waals surface area contributed by atoms with E-state index < -0.39 is 29.6 Å². The van der Waals surface area contributed by atoms with Crippen molar-refractivity contribution in [3.05, 3.63) is 35.4 Å². The zero-order chi connectivity index (χ0) is 12.6. The highest BCUT2D eigenvalue weighted by molar-refractivity contribution is 5.32. The van der Waals surface area contributed by atoms with E-state index in [4.69, 9.17) is 5.11 Å². The SMILES string of the molecule is O[C@H](c1ccccc1C(F)(F)F)C(F)(F)F. The van der Waals surface area contributed by atoms with Crippen molar-refractivity contribution in [3.8, 4) is 0 Å². The quantitative estimate of drug-likeness (QED) is 0.751. The second kappa shape index (κ2) is 3.97. The van der Waals surface area contributed by atoms with Crippen LogP contribution in [0.4, 0.5) is 26.3 Å². The molecule has 1 rings (SSSR count). The summed E-state index contributed by atoms with van der Waals surface area (Å²) in [7, 11) is 0. The van der Waals surface area contributed by atoms with E-state index in [9.17, 15) is 26.3 Å². The Bertz CT molecular complexity index is 367. The molecule has 1 nitrogen and oxygen atoms in total. The fourth-order valence-corrected chi connectivity index (χ4v) is 1.17. The Labute approximate surface area is 86.3 Å². The minimum absolute atomic E-state index is 0.490. The number of benzene rings is 1. The molecule has 7 heteroatoms. The minimum atomic E-state index is -5.12. The molecule has 0 aliphatic heterocycles. The summed E-state index contributed by atoms with van der Waals surface area (Å²) in [5.74, 6) is 0. The van der Waals surface area contributed by atoms with E-state index in [0.717, 1.165) is 12.1 Å². The predicted molar refractivity (Wildman–Crippen MR) is 42.5 cm³/mol. The van der Waals surface area contributed by atoms with Gasteiger partial charge >= 0.3 is 12.4 Å². The highest BCUT2D eigenvalue weighted by Crippen LogP contribution is 2.39. The van der Waals surface area contributed by atoms with Crippen LogP contribution in [0.3, 0.4) is 0 Å². The molecular formula is C9H6F6O. The lowest BCUT2D eigenvalue weighted by molar-refractivity contribution is -0.209. The lowest BCUT2D eigenvalue weighted by Gasteiger charge is -2.19. The first kappa shape index (κ1) is 12.8. The highest BCUT2D eigenvalue weighted by atomic mass is 19.4. The van der Waals surface area contributed by atoms with Crippen LogP contribution in [0.1, 0.15) is 17.2 Å². The fraction of sp³-hybridized carbons (Fsp3) is 0.333. The standard InChI is InChI=1S/C9H6F6O/c10-8(11,12)6-4-2-1-3-5(6)7(16)9(13,14)15/h1-4,7,16H/t7-/m1/s1. The van der Waals surface area contributed by atoms with Crippen molar-refractivity contribution in [1.29, 1.82) is 0 Å². The Kier molecular flexibility index (Phi) is 3.18. The lowest BCUT2D eigenvalue weighted by atomic mass is 10.0. The Balaban J connectivity index is 3.25. The van der Waals surface area contributed by atoms with Crippen LogP contribution in [-0.4, -0.2) is 11.3 Å². The predicted octanol–water partition coefficient (Wildman–Crippen LogP) is 3.30. The van der Waals surface area contributed by atoms with Crippen LogP contribution >= 0.6 is 0 Å². The maximum absolute atomic E-state index is 12.3. The van der Waals surface area contributed by atoms with Gasteiger partial charge in [0.25, 0.3) is 0 Å². The molecule has 1 aromatic carbocycles. The van der Waals surface area contributed by atoms with Crippen molar-refractivity contribution in [2.24, 2.45) is 0 Å². The summed E-state index contributed by atoms with van der Waals surface area (Å²) in [6, 6.07) is 3.04. The maximum atomic E-state index is 12.3. The van der Waals surface area contributed by atoms with Crippen molar-refractivity contribution >= 4 is 0 Å². The zero-order valence-corrected chi connectivity index (χ0v) is 7.60. The first-order valence-electron chi connectivity index (χ1n) is 4.05. The van der Waals surface area contributed by atoms with Crippen LogP contribution in [0.15, 0.2) is 24.3 Å². The van der Waals surface area contributed by atoms with Crippen molar-refractivity contribution in [2.45, 2.75) is 18.5 Å². The van der Waals surface area contributed by atoms with E-state index >= 15 is 0 Å². The maximum Gasteiger partial charge on any atom is 0.418 e. The lowest BCUT2D eigenvalue weighted by Crippen LogP contribution is -2.23. The zero-order valence-electron chi connectivity index (χ0n) is 7.60. The molecule has 0 unspecified atom stereocenters. The number of alkyl halides is 6. The second-order valence-electron chi connectivity index (χ2n) is 3.03. The Morgan fingerprint density at radius 3 is 1.88 bits per heavy atom. The van der Waals surface area contributed by atoms with Gasteiger partial charge in [-0.25, -0.2) is 0 Å². The van der Waals surface area contributed by atoms with Gasteiger partial charge in [0.15, 0.2) is 6.10 Å². The Hall–Kier alpha value is -1.24. The molecule has 0 amide bonds. The van der Waals surface area contributed by atoms with Crippen molar-refractivity contribution in [3.63, 3.8) is 0 Å². The van der Waals surface area contributed by atoms with E-state index in [-0.39, 0.29) is 0 Å². The summed E-state index contributed by atoms with van der Waals surface area (Å²) < 4.78 is 73.2. The van der Waals surface area contributed by atoms with Gasteiger partial charge in [-0.15, -0.1) is 0 Å². The van der Waals surface area contributed by atoms with Gasteiger partial charge in [-0.3, -0.25) is 0 Å². The topological polar surface area (TPSA) is 20.2 Å². The van der Waals surface area contributed by atoms with E-state index in [1.807, 2.05) is 0 Å². The largest absolute Gasteiger partial charge is 0.418 e. The van der Waals surface area contributed by atoms with Crippen LogP contribution in [0.25, 0.3) is 0 Å². The van der Waals surface area contributed by atoms with E-state index in [2.05, 4.69) is 0 Å². The second-order valence-corrected chi connectivity index (χ2v) is 3.03. The first-order chi connectivity index (χ1) is 7.14. The molecule has 0 fully saturated rings. The van der Waals surface area contributed by atoms with E-state index in [1.54, 1.807) is 0 Å². The Morgan fingerprint density at radius 1 is 0.938 bits per heavy atom.